The van der Waals surface area contributed by atoms with E-state index >= 15 is 0 Å². The third-order valence-corrected chi connectivity index (χ3v) is 4.06. The highest BCUT2D eigenvalue weighted by molar-refractivity contribution is 5.85. The fourth-order valence-corrected chi connectivity index (χ4v) is 3.01. The van der Waals surface area contributed by atoms with Crippen LogP contribution in [0.5, 0.6) is 0 Å². The Morgan fingerprint density at radius 3 is 2.59 bits per heavy atom. The highest BCUT2D eigenvalue weighted by atomic mass is 35.5. The fraction of sp³-hybridized carbons (Fsp3) is 0.389. The third kappa shape index (κ3) is 3.60. The maximum absolute atomic E-state index is 4.67. The molecule has 0 N–H and O–H groups in total. The Morgan fingerprint density at radius 2 is 1.77 bits per heavy atom. The number of para-hydroxylation sites is 1. The van der Waals surface area contributed by atoms with Gasteiger partial charge in [0.1, 0.15) is 5.82 Å². The van der Waals surface area contributed by atoms with Gasteiger partial charge in [0.15, 0.2) is 0 Å². The predicted octanol–water partition coefficient (Wildman–Crippen LogP) is 3.69. The van der Waals surface area contributed by atoms with Gasteiger partial charge >= 0.3 is 0 Å². The first kappa shape index (κ1) is 16.8. The normalized spacial score (nSPS) is 13.1. The Hall–Kier alpha value is -1.58. The largest absolute Gasteiger partial charge is 0.326 e. The summed E-state index contributed by atoms with van der Waals surface area (Å²) < 4.78 is 0. The first-order valence-electron chi connectivity index (χ1n) is 7.70. The monoisotopic (exact) mass is 317 g/mol. The van der Waals surface area contributed by atoms with Crippen LogP contribution in [0.2, 0.25) is 0 Å². The molecular weight excluding hydrogens is 294 g/mol. The summed E-state index contributed by atoms with van der Waals surface area (Å²) in [6.45, 7) is 2.11. The molecule has 1 aromatic carbocycles. The van der Waals surface area contributed by atoms with E-state index < -0.39 is 0 Å². The number of benzene rings is 1. The second-order valence-corrected chi connectivity index (χ2v) is 5.92. The molecule has 22 heavy (non-hydrogen) atoms. The number of rotatable bonds is 4. The molecule has 0 atom stereocenters. The number of hydrogen-bond acceptors (Lipinski definition) is 3. The second-order valence-electron chi connectivity index (χ2n) is 5.92. The zero-order chi connectivity index (χ0) is 14.7. The van der Waals surface area contributed by atoms with E-state index in [4.69, 9.17) is 0 Å². The number of hydrogen-bond donors (Lipinski definition) is 0. The van der Waals surface area contributed by atoms with Crippen molar-refractivity contribution in [2.24, 2.45) is 0 Å². The number of anilines is 2. The lowest BCUT2D eigenvalue weighted by Gasteiger charge is -2.26. The summed E-state index contributed by atoms with van der Waals surface area (Å²) in [5, 5.41) is 0. The van der Waals surface area contributed by atoms with E-state index in [9.17, 15) is 0 Å². The van der Waals surface area contributed by atoms with E-state index in [-0.39, 0.29) is 12.4 Å². The Morgan fingerprint density at radius 1 is 1.05 bits per heavy atom. The lowest BCUT2D eigenvalue weighted by Crippen LogP contribution is -2.24. The summed E-state index contributed by atoms with van der Waals surface area (Å²) in [5.74, 6) is 1.14. The van der Waals surface area contributed by atoms with Crippen molar-refractivity contribution >= 4 is 23.9 Å². The molecule has 0 bridgehead atoms. The van der Waals surface area contributed by atoms with Gasteiger partial charge in [0.2, 0.25) is 0 Å². The Kier molecular flexibility index (Phi) is 5.81. The maximum Gasteiger partial charge on any atom is 0.136 e. The van der Waals surface area contributed by atoms with Crippen molar-refractivity contribution in [3.05, 3.63) is 53.7 Å². The van der Waals surface area contributed by atoms with Crippen LogP contribution in [0.1, 0.15) is 17.5 Å². The number of aryl methyl sites for hydroxylation is 2. The molecule has 3 rings (SSSR count). The molecule has 0 amide bonds. The van der Waals surface area contributed by atoms with Crippen LogP contribution in [-0.4, -0.2) is 37.1 Å². The Bertz CT molecular complexity index is 565. The smallest absolute Gasteiger partial charge is 0.136 e. The van der Waals surface area contributed by atoms with Gasteiger partial charge in [-0.3, -0.25) is 0 Å². The molecule has 3 nitrogen and oxygen atoms in total. The first-order chi connectivity index (χ1) is 10.3. The fourth-order valence-electron chi connectivity index (χ4n) is 3.01. The average Bonchev–Trinajstić information content (AvgIpc) is 2.65. The second kappa shape index (κ2) is 7.61. The molecule has 0 saturated carbocycles. The van der Waals surface area contributed by atoms with Crippen molar-refractivity contribution in [1.82, 2.24) is 9.88 Å². The Balaban J connectivity index is 0.00000176. The minimum atomic E-state index is 0. The van der Waals surface area contributed by atoms with Crippen molar-refractivity contribution < 1.29 is 0 Å². The number of halogens is 1. The van der Waals surface area contributed by atoms with E-state index in [0.29, 0.717) is 0 Å². The lowest BCUT2D eigenvalue weighted by molar-refractivity contribution is 0.402. The van der Waals surface area contributed by atoms with Gasteiger partial charge in [-0.15, -0.1) is 12.4 Å². The van der Waals surface area contributed by atoms with Gasteiger partial charge in [-0.05, 0) is 63.2 Å². The summed E-state index contributed by atoms with van der Waals surface area (Å²) in [6.07, 6.45) is 5.21. The van der Waals surface area contributed by atoms with Gasteiger partial charge in [0.05, 0.1) is 0 Å². The highest BCUT2D eigenvalue weighted by Crippen LogP contribution is 2.34. The molecule has 2 aromatic rings. The van der Waals surface area contributed by atoms with Crippen LogP contribution in [-0.2, 0) is 12.8 Å². The van der Waals surface area contributed by atoms with Crippen molar-refractivity contribution in [2.45, 2.75) is 19.3 Å². The third-order valence-electron chi connectivity index (χ3n) is 4.06. The van der Waals surface area contributed by atoms with Gasteiger partial charge in [-0.25, -0.2) is 4.98 Å². The molecular formula is C18H24ClN3. The van der Waals surface area contributed by atoms with Crippen molar-refractivity contribution in [3.8, 4) is 0 Å². The van der Waals surface area contributed by atoms with Gasteiger partial charge in [0, 0.05) is 18.4 Å². The molecule has 1 aliphatic rings. The molecule has 0 spiro atoms. The quantitative estimate of drug-likeness (QED) is 0.857. The number of pyridine rings is 1. The molecule has 4 heteroatoms. The van der Waals surface area contributed by atoms with Crippen LogP contribution in [0.15, 0.2) is 42.6 Å². The summed E-state index contributed by atoms with van der Waals surface area (Å²) in [6, 6.07) is 13.0. The number of nitrogens with zero attached hydrogens (tertiary/aromatic N) is 3. The molecule has 1 aromatic heterocycles. The van der Waals surface area contributed by atoms with Crippen LogP contribution in [0.25, 0.3) is 0 Å². The van der Waals surface area contributed by atoms with Crippen LogP contribution in [0.3, 0.4) is 0 Å². The molecule has 0 fully saturated rings. The van der Waals surface area contributed by atoms with Crippen molar-refractivity contribution in [1.29, 1.82) is 0 Å². The average molecular weight is 318 g/mol. The SMILES string of the molecule is CN(C)CCCN1c2ccccc2CCc2cccnc21.Cl. The number of fused-ring (bicyclic) bond motifs is 2. The minimum Gasteiger partial charge on any atom is -0.326 e. The van der Waals surface area contributed by atoms with E-state index in [1.165, 1.54) is 16.8 Å². The Labute approximate surface area is 139 Å². The minimum absolute atomic E-state index is 0. The molecule has 1 aliphatic heterocycles. The van der Waals surface area contributed by atoms with Gasteiger partial charge in [0.25, 0.3) is 0 Å². The highest BCUT2D eigenvalue weighted by Gasteiger charge is 2.20. The zero-order valence-electron chi connectivity index (χ0n) is 13.3. The molecule has 0 unspecified atom stereocenters. The van der Waals surface area contributed by atoms with Crippen LogP contribution in [0.4, 0.5) is 11.5 Å². The summed E-state index contributed by atoms with van der Waals surface area (Å²) in [5.41, 5.74) is 4.12. The molecule has 0 radical (unpaired) electrons. The topological polar surface area (TPSA) is 19.4 Å². The summed E-state index contributed by atoms with van der Waals surface area (Å²) >= 11 is 0. The molecule has 118 valence electrons. The first-order valence-corrected chi connectivity index (χ1v) is 7.70. The standard InChI is InChI=1S/C18H23N3.ClH/c1-20(2)13-6-14-21-17-9-4-3-7-15(17)10-11-16-8-5-12-19-18(16)21;/h3-5,7-9,12H,6,10-11,13-14H2,1-2H3;1H. The molecule has 2 heterocycles. The van der Waals surface area contributed by atoms with Crippen molar-refractivity contribution in [2.75, 3.05) is 32.1 Å². The number of aromatic nitrogens is 1. The van der Waals surface area contributed by atoms with Gasteiger partial charge in [-0.1, -0.05) is 24.3 Å². The van der Waals surface area contributed by atoms with Crippen LogP contribution >= 0.6 is 12.4 Å². The molecule has 0 aliphatic carbocycles. The molecule has 0 saturated heterocycles. The van der Waals surface area contributed by atoms with Crippen molar-refractivity contribution in [3.63, 3.8) is 0 Å². The van der Waals surface area contributed by atoms with Gasteiger partial charge in [-0.2, -0.15) is 0 Å². The summed E-state index contributed by atoms with van der Waals surface area (Å²) in [4.78, 5) is 9.31. The van der Waals surface area contributed by atoms with E-state index in [1.807, 2.05) is 12.3 Å². The maximum atomic E-state index is 4.67. The van der Waals surface area contributed by atoms with E-state index in [2.05, 4.69) is 59.2 Å². The van der Waals surface area contributed by atoms with E-state index in [1.54, 1.807) is 0 Å². The zero-order valence-corrected chi connectivity index (χ0v) is 14.1. The van der Waals surface area contributed by atoms with Crippen LogP contribution < -0.4 is 4.90 Å². The lowest BCUT2D eigenvalue weighted by atomic mass is 10.1. The van der Waals surface area contributed by atoms with Crippen LogP contribution in [0, 0.1) is 0 Å². The summed E-state index contributed by atoms with van der Waals surface area (Å²) in [7, 11) is 4.26. The van der Waals surface area contributed by atoms with E-state index in [0.717, 1.165) is 38.2 Å². The predicted molar refractivity (Wildman–Crippen MR) is 95.5 cm³/mol. The van der Waals surface area contributed by atoms with Gasteiger partial charge < -0.3 is 9.80 Å².